The molecule has 29 heavy (non-hydrogen) atoms. The molecule has 0 saturated carbocycles. The first kappa shape index (κ1) is 20.1. The van der Waals surface area contributed by atoms with Crippen molar-refractivity contribution in [2.45, 2.75) is 27.3 Å². The fourth-order valence-corrected chi connectivity index (χ4v) is 3.10. The van der Waals surface area contributed by atoms with Crippen LogP contribution in [-0.2, 0) is 6.54 Å². The van der Waals surface area contributed by atoms with Crippen LogP contribution in [0, 0.1) is 20.8 Å². The van der Waals surface area contributed by atoms with E-state index in [1.807, 2.05) is 36.7 Å². The number of hydrogen-bond acceptors (Lipinski definition) is 6. The van der Waals surface area contributed by atoms with Gasteiger partial charge in [0.15, 0.2) is 5.78 Å². The minimum Gasteiger partial charge on any atom is -0.507 e. The van der Waals surface area contributed by atoms with Crippen molar-refractivity contribution in [1.29, 1.82) is 0 Å². The Balaban J connectivity index is 1.89. The fraction of sp³-hybridized carbons (Fsp3) is 0.227. The third-order valence-corrected chi connectivity index (χ3v) is 4.46. The third-order valence-electron chi connectivity index (χ3n) is 4.46. The van der Waals surface area contributed by atoms with Crippen molar-refractivity contribution >= 4 is 11.9 Å². The SMILES string of the molecule is COc1ccc(/C=C/C(=O)c2c(O)cc(C)oc2=O)cc1Cn1nc(C)cc1C. The molecule has 150 valence electrons. The van der Waals surface area contributed by atoms with Gasteiger partial charge in [0.05, 0.1) is 19.3 Å². The number of rotatable bonds is 6. The second-order valence-electron chi connectivity index (χ2n) is 6.76. The Labute approximate surface area is 167 Å². The second kappa shape index (κ2) is 8.18. The van der Waals surface area contributed by atoms with Gasteiger partial charge in [-0.15, -0.1) is 0 Å². The number of carbonyl (C=O) groups excluding carboxylic acids is 1. The molecule has 0 bridgehead atoms. The van der Waals surface area contributed by atoms with Gasteiger partial charge in [0.2, 0.25) is 0 Å². The Hall–Kier alpha value is -3.61. The Morgan fingerprint density at radius 3 is 2.62 bits per heavy atom. The number of aromatic nitrogens is 2. The summed E-state index contributed by atoms with van der Waals surface area (Å²) >= 11 is 0. The van der Waals surface area contributed by atoms with Gasteiger partial charge in [0.25, 0.3) is 0 Å². The van der Waals surface area contributed by atoms with Crippen LogP contribution in [0.3, 0.4) is 0 Å². The van der Waals surface area contributed by atoms with Gasteiger partial charge < -0.3 is 14.3 Å². The standard InChI is InChI=1S/C22H22N2O5/c1-13-9-14(2)24(23-13)12-17-11-16(6-8-20(17)28-4)5-7-18(25)21-19(26)10-15(3)29-22(21)27/h5-11,26H,12H2,1-4H3/b7-5+. The second-order valence-corrected chi connectivity index (χ2v) is 6.76. The van der Waals surface area contributed by atoms with Crippen LogP contribution < -0.4 is 10.4 Å². The molecular formula is C22H22N2O5. The number of nitrogens with zero attached hydrogens (tertiary/aromatic N) is 2. The topological polar surface area (TPSA) is 94.6 Å². The van der Waals surface area contributed by atoms with E-state index in [2.05, 4.69) is 5.10 Å². The molecule has 1 N–H and O–H groups in total. The third kappa shape index (κ3) is 4.45. The maximum Gasteiger partial charge on any atom is 0.351 e. The summed E-state index contributed by atoms with van der Waals surface area (Å²) in [5.74, 6) is -0.0876. The van der Waals surface area contributed by atoms with Crippen LogP contribution >= 0.6 is 0 Å². The molecule has 2 heterocycles. The maximum absolute atomic E-state index is 12.4. The predicted octanol–water partition coefficient (Wildman–Crippen LogP) is 3.42. The number of aromatic hydroxyl groups is 1. The van der Waals surface area contributed by atoms with E-state index in [-0.39, 0.29) is 11.3 Å². The lowest BCUT2D eigenvalue weighted by Gasteiger charge is -2.11. The monoisotopic (exact) mass is 394 g/mol. The highest BCUT2D eigenvalue weighted by molar-refractivity contribution is 6.08. The zero-order chi connectivity index (χ0) is 21.1. The molecule has 7 nitrogen and oxygen atoms in total. The van der Waals surface area contributed by atoms with Crippen LogP contribution in [0.15, 0.2) is 45.6 Å². The fourth-order valence-electron chi connectivity index (χ4n) is 3.10. The van der Waals surface area contributed by atoms with Gasteiger partial charge in [0, 0.05) is 17.3 Å². The molecule has 0 aliphatic heterocycles. The largest absolute Gasteiger partial charge is 0.507 e. The number of ether oxygens (including phenoxy) is 1. The number of ketones is 1. The average Bonchev–Trinajstić information content (AvgIpc) is 2.96. The van der Waals surface area contributed by atoms with E-state index in [4.69, 9.17) is 9.15 Å². The van der Waals surface area contributed by atoms with Crippen LogP contribution in [0.5, 0.6) is 11.5 Å². The summed E-state index contributed by atoms with van der Waals surface area (Å²) in [6.45, 7) is 5.95. The molecule has 0 unspecified atom stereocenters. The van der Waals surface area contributed by atoms with Crippen molar-refractivity contribution in [3.05, 3.63) is 80.7 Å². The summed E-state index contributed by atoms with van der Waals surface area (Å²) < 4.78 is 12.2. The Morgan fingerprint density at radius 2 is 2.00 bits per heavy atom. The number of methoxy groups -OCH3 is 1. The van der Waals surface area contributed by atoms with Crippen molar-refractivity contribution in [2.24, 2.45) is 0 Å². The van der Waals surface area contributed by atoms with Gasteiger partial charge in [-0.1, -0.05) is 12.1 Å². The summed E-state index contributed by atoms with van der Waals surface area (Å²) in [6.07, 6.45) is 2.81. The van der Waals surface area contributed by atoms with E-state index in [1.165, 1.54) is 19.1 Å². The quantitative estimate of drug-likeness (QED) is 0.508. The summed E-state index contributed by atoms with van der Waals surface area (Å²) in [6, 6.07) is 8.72. The Kier molecular flexibility index (Phi) is 5.68. The van der Waals surface area contributed by atoms with Crippen molar-refractivity contribution in [1.82, 2.24) is 9.78 Å². The number of carbonyl (C=O) groups is 1. The Morgan fingerprint density at radius 1 is 1.24 bits per heavy atom. The lowest BCUT2D eigenvalue weighted by Crippen LogP contribution is -2.13. The molecule has 0 fully saturated rings. The van der Waals surface area contributed by atoms with Crippen molar-refractivity contribution in [2.75, 3.05) is 7.11 Å². The minimum absolute atomic E-state index is 0.233. The van der Waals surface area contributed by atoms with Gasteiger partial charge in [-0.05, 0) is 50.6 Å². The summed E-state index contributed by atoms with van der Waals surface area (Å²) in [5.41, 5.74) is 2.35. The molecule has 7 heteroatoms. The molecule has 0 spiro atoms. The number of hydrogen-bond donors (Lipinski definition) is 1. The zero-order valence-corrected chi connectivity index (χ0v) is 16.7. The van der Waals surface area contributed by atoms with E-state index in [0.29, 0.717) is 12.3 Å². The van der Waals surface area contributed by atoms with Crippen LogP contribution in [0.2, 0.25) is 0 Å². The average molecular weight is 394 g/mol. The molecule has 3 aromatic rings. The molecule has 0 saturated heterocycles. The van der Waals surface area contributed by atoms with E-state index in [0.717, 1.165) is 22.5 Å². The van der Waals surface area contributed by atoms with E-state index in [1.54, 1.807) is 19.3 Å². The highest BCUT2D eigenvalue weighted by Crippen LogP contribution is 2.23. The van der Waals surface area contributed by atoms with Gasteiger partial charge in [-0.25, -0.2) is 4.79 Å². The van der Waals surface area contributed by atoms with Gasteiger partial charge >= 0.3 is 5.63 Å². The van der Waals surface area contributed by atoms with Gasteiger partial charge in [-0.2, -0.15) is 5.10 Å². The van der Waals surface area contributed by atoms with Crippen molar-refractivity contribution < 1.29 is 19.1 Å². The number of allylic oxidation sites excluding steroid dienone is 1. The van der Waals surface area contributed by atoms with Gasteiger partial charge in [0.1, 0.15) is 22.8 Å². The highest BCUT2D eigenvalue weighted by Gasteiger charge is 2.16. The molecule has 0 aliphatic carbocycles. The van der Waals surface area contributed by atoms with Gasteiger partial charge in [-0.3, -0.25) is 9.48 Å². The van der Waals surface area contributed by atoms with Crippen LogP contribution in [-0.4, -0.2) is 27.8 Å². The summed E-state index contributed by atoms with van der Waals surface area (Å²) in [4.78, 5) is 24.3. The van der Waals surface area contributed by atoms with E-state index in [9.17, 15) is 14.7 Å². The molecule has 0 aliphatic rings. The smallest absolute Gasteiger partial charge is 0.351 e. The highest BCUT2D eigenvalue weighted by atomic mass is 16.5. The summed E-state index contributed by atoms with van der Waals surface area (Å²) in [7, 11) is 1.60. The van der Waals surface area contributed by atoms with Crippen molar-refractivity contribution in [3.63, 3.8) is 0 Å². The van der Waals surface area contributed by atoms with E-state index >= 15 is 0 Å². The number of aryl methyl sites for hydroxylation is 3. The van der Waals surface area contributed by atoms with Crippen molar-refractivity contribution in [3.8, 4) is 11.5 Å². The lowest BCUT2D eigenvalue weighted by molar-refractivity contribution is 0.104. The molecule has 3 rings (SSSR count). The predicted molar refractivity (Wildman–Crippen MR) is 109 cm³/mol. The lowest BCUT2D eigenvalue weighted by atomic mass is 10.1. The molecule has 1 aromatic carbocycles. The number of benzene rings is 1. The molecule has 0 atom stereocenters. The van der Waals surface area contributed by atoms with Crippen LogP contribution in [0.4, 0.5) is 0 Å². The normalized spacial score (nSPS) is 11.2. The molecular weight excluding hydrogens is 372 g/mol. The molecule has 0 amide bonds. The first-order valence-corrected chi connectivity index (χ1v) is 9.02. The first-order chi connectivity index (χ1) is 13.8. The van der Waals surface area contributed by atoms with Crippen LogP contribution in [0.1, 0.15) is 38.6 Å². The summed E-state index contributed by atoms with van der Waals surface area (Å²) in [5, 5.41) is 14.4. The first-order valence-electron chi connectivity index (χ1n) is 9.02. The van der Waals surface area contributed by atoms with E-state index < -0.39 is 17.2 Å². The van der Waals surface area contributed by atoms with Crippen LogP contribution in [0.25, 0.3) is 6.08 Å². The minimum atomic E-state index is -0.864. The Bertz CT molecular complexity index is 1150. The molecule has 2 aromatic heterocycles. The molecule has 0 radical (unpaired) electrons. The zero-order valence-electron chi connectivity index (χ0n) is 16.7. The maximum atomic E-state index is 12.4.